The Morgan fingerprint density at radius 2 is 1.91 bits per heavy atom. The highest BCUT2D eigenvalue weighted by molar-refractivity contribution is 5.27. The SMILES string of the molecule is Cc1nc(CCOc2ccc(CCc3nn[nH]n3)cc2)c(C)o1. The van der Waals surface area contributed by atoms with Crippen LogP contribution in [0, 0.1) is 13.8 Å². The molecule has 3 rings (SSSR count). The second kappa shape index (κ2) is 7.04. The summed E-state index contributed by atoms with van der Waals surface area (Å²) in [6.07, 6.45) is 2.38. The van der Waals surface area contributed by atoms with Crippen LogP contribution < -0.4 is 4.74 Å². The van der Waals surface area contributed by atoms with Crippen molar-refractivity contribution in [2.45, 2.75) is 33.1 Å². The number of ether oxygens (including phenoxy) is 1. The molecule has 7 heteroatoms. The van der Waals surface area contributed by atoms with E-state index in [-0.39, 0.29) is 0 Å². The molecule has 0 saturated heterocycles. The fourth-order valence-electron chi connectivity index (χ4n) is 2.37. The maximum Gasteiger partial charge on any atom is 0.191 e. The summed E-state index contributed by atoms with van der Waals surface area (Å²) in [7, 11) is 0. The molecular formula is C16H19N5O2. The topological polar surface area (TPSA) is 89.7 Å². The minimum absolute atomic E-state index is 0.578. The molecular weight excluding hydrogens is 294 g/mol. The van der Waals surface area contributed by atoms with E-state index in [2.05, 4.69) is 37.7 Å². The van der Waals surface area contributed by atoms with Gasteiger partial charge in [-0.25, -0.2) is 4.98 Å². The first kappa shape index (κ1) is 15.2. The van der Waals surface area contributed by atoms with Gasteiger partial charge in [0.1, 0.15) is 11.5 Å². The van der Waals surface area contributed by atoms with E-state index in [1.54, 1.807) is 0 Å². The van der Waals surface area contributed by atoms with E-state index in [9.17, 15) is 0 Å². The van der Waals surface area contributed by atoms with E-state index in [1.165, 1.54) is 5.56 Å². The van der Waals surface area contributed by atoms with Gasteiger partial charge in [-0.15, -0.1) is 10.2 Å². The molecule has 2 aromatic heterocycles. The van der Waals surface area contributed by atoms with Crippen LogP contribution >= 0.6 is 0 Å². The van der Waals surface area contributed by atoms with Crippen LogP contribution in [0.25, 0.3) is 0 Å². The molecule has 0 aliphatic heterocycles. The van der Waals surface area contributed by atoms with Crippen LogP contribution in [0.1, 0.15) is 28.7 Å². The zero-order chi connectivity index (χ0) is 16.1. The fourth-order valence-corrected chi connectivity index (χ4v) is 2.37. The van der Waals surface area contributed by atoms with Gasteiger partial charge in [-0.1, -0.05) is 17.3 Å². The largest absolute Gasteiger partial charge is 0.493 e. The Bertz CT molecular complexity index is 734. The summed E-state index contributed by atoms with van der Waals surface area (Å²) in [4.78, 5) is 4.34. The van der Waals surface area contributed by atoms with Gasteiger partial charge in [-0.05, 0) is 31.0 Å². The molecule has 23 heavy (non-hydrogen) atoms. The second-order valence-corrected chi connectivity index (χ2v) is 5.31. The molecule has 0 atom stereocenters. The Balaban J connectivity index is 1.46. The smallest absolute Gasteiger partial charge is 0.191 e. The van der Waals surface area contributed by atoms with Crippen LogP contribution in [-0.2, 0) is 19.3 Å². The van der Waals surface area contributed by atoms with E-state index in [1.807, 2.05) is 26.0 Å². The number of H-pyrrole nitrogens is 1. The Labute approximate surface area is 134 Å². The van der Waals surface area contributed by atoms with Crippen LogP contribution in [0.3, 0.4) is 0 Å². The standard InChI is InChI=1S/C16H19N5O2/c1-11-15(17-12(2)23-11)9-10-22-14-6-3-13(4-7-14)5-8-16-18-20-21-19-16/h3-4,6-7H,5,8-10H2,1-2H3,(H,18,19,20,21). The van der Waals surface area contributed by atoms with E-state index < -0.39 is 0 Å². The van der Waals surface area contributed by atoms with Gasteiger partial charge in [0.15, 0.2) is 11.7 Å². The van der Waals surface area contributed by atoms with Crippen molar-refractivity contribution in [3.05, 3.63) is 53.0 Å². The number of aromatic amines is 1. The number of hydrogen-bond donors (Lipinski definition) is 1. The molecule has 7 nitrogen and oxygen atoms in total. The maximum absolute atomic E-state index is 5.76. The molecule has 3 aromatic rings. The average molecular weight is 313 g/mol. The Morgan fingerprint density at radius 3 is 2.57 bits per heavy atom. The summed E-state index contributed by atoms with van der Waals surface area (Å²) < 4.78 is 11.2. The molecule has 0 unspecified atom stereocenters. The predicted molar refractivity (Wildman–Crippen MR) is 83.2 cm³/mol. The molecule has 0 saturated carbocycles. The van der Waals surface area contributed by atoms with Crippen LogP contribution in [0.2, 0.25) is 0 Å². The first-order chi connectivity index (χ1) is 11.2. The zero-order valence-corrected chi connectivity index (χ0v) is 13.2. The highest BCUT2D eigenvalue weighted by Gasteiger charge is 2.06. The van der Waals surface area contributed by atoms with Gasteiger partial charge in [0, 0.05) is 19.8 Å². The highest BCUT2D eigenvalue weighted by atomic mass is 16.5. The van der Waals surface area contributed by atoms with Crippen molar-refractivity contribution in [1.29, 1.82) is 0 Å². The highest BCUT2D eigenvalue weighted by Crippen LogP contribution is 2.15. The van der Waals surface area contributed by atoms with Crippen LogP contribution in [-0.4, -0.2) is 32.2 Å². The molecule has 0 bridgehead atoms. The van der Waals surface area contributed by atoms with E-state index in [0.717, 1.165) is 42.3 Å². The Morgan fingerprint density at radius 1 is 1.09 bits per heavy atom. The maximum atomic E-state index is 5.76. The fraction of sp³-hybridized carbons (Fsp3) is 0.375. The third-order valence-corrected chi connectivity index (χ3v) is 3.56. The van der Waals surface area contributed by atoms with Gasteiger partial charge in [0.2, 0.25) is 0 Å². The number of hydrogen-bond acceptors (Lipinski definition) is 6. The minimum atomic E-state index is 0.578. The molecule has 0 radical (unpaired) electrons. The number of tetrazole rings is 1. The Hall–Kier alpha value is -2.70. The lowest BCUT2D eigenvalue weighted by atomic mass is 10.1. The van der Waals surface area contributed by atoms with Gasteiger partial charge < -0.3 is 9.15 Å². The monoisotopic (exact) mass is 313 g/mol. The number of aryl methyl sites for hydroxylation is 4. The van der Waals surface area contributed by atoms with Gasteiger partial charge in [0.25, 0.3) is 0 Å². The predicted octanol–water partition coefficient (Wildman–Crippen LogP) is 2.21. The lowest BCUT2D eigenvalue weighted by Gasteiger charge is -2.06. The summed E-state index contributed by atoms with van der Waals surface area (Å²) in [5, 5.41) is 13.9. The van der Waals surface area contributed by atoms with Crippen molar-refractivity contribution < 1.29 is 9.15 Å². The first-order valence-electron chi connectivity index (χ1n) is 7.57. The number of oxazole rings is 1. The quantitative estimate of drug-likeness (QED) is 0.719. The molecule has 0 amide bonds. The molecule has 2 heterocycles. The van der Waals surface area contributed by atoms with Crippen molar-refractivity contribution in [3.63, 3.8) is 0 Å². The van der Waals surface area contributed by atoms with Crippen LogP contribution in [0.5, 0.6) is 5.75 Å². The molecule has 0 aliphatic carbocycles. The molecule has 0 spiro atoms. The second-order valence-electron chi connectivity index (χ2n) is 5.31. The summed E-state index contributed by atoms with van der Waals surface area (Å²) in [6, 6.07) is 8.07. The van der Waals surface area contributed by atoms with E-state index in [4.69, 9.17) is 9.15 Å². The minimum Gasteiger partial charge on any atom is -0.493 e. The first-order valence-corrected chi connectivity index (χ1v) is 7.57. The number of nitrogens with zero attached hydrogens (tertiary/aromatic N) is 4. The van der Waals surface area contributed by atoms with E-state index >= 15 is 0 Å². The average Bonchev–Trinajstić information content (AvgIpc) is 3.16. The van der Waals surface area contributed by atoms with Crippen molar-refractivity contribution >= 4 is 0 Å². The van der Waals surface area contributed by atoms with Crippen molar-refractivity contribution in [2.24, 2.45) is 0 Å². The van der Waals surface area contributed by atoms with Crippen molar-refractivity contribution in [1.82, 2.24) is 25.6 Å². The summed E-state index contributed by atoms with van der Waals surface area (Å²) in [6.45, 7) is 4.35. The van der Waals surface area contributed by atoms with Gasteiger partial charge in [-0.2, -0.15) is 5.21 Å². The number of rotatable bonds is 7. The molecule has 0 aliphatic rings. The lowest BCUT2D eigenvalue weighted by Crippen LogP contribution is -2.03. The molecule has 1 aromatic carbocycles. The summed E-state index contributed by atoms with van der Waals surface area (Å²) in [5.41, 5.74) is 2.17. The third kappa shape index (κ3) is 4.15. The number of aromatic nitrogens is 5. The molecule has 0 fully saturated rings. The van der Waals surface area contributed by atoms with Gasteiger partial charge in [0.05, 0.1) is 12.3 Å². The van der Waals surface area contributed by atoms with Gasteiger partial charge in [-0.3, -0.25) is 0 Å². The van der Waals surface area contributed by atoms with Crippen molar-refractivity contribution in [2.75, 3.05) is 6.61 Å². The van der Waals surface area contributed by atoms with Crippen molar-refractivity contribution in [3.8, 4) is 5.75 Å². The van der Waals surface area contributed by atoms with Crippen LogP contribution in [0.4, 0.5) is 0 Å². The zero-order valence-electron chi connectivity index (χ0n) is 13.2. The molecule has 120 valence electrons. The molecule has 1 N–H and O–H groups in total. The normalized spacial score (nSPS) is 10.9. The summed E-state index contributed by atoms with van der Waals surface area (Å²) >= 11 is 0. The number of nitrogens with one attached hydrogen (secondary N) is 1. The third-order valence-electron chi connectivity index (χ3n) is 3.56. The Kier molecular flexibility index (Phi) is 4.65. The lowest BCUT2D eigenvalue weighted by molar-refractivity contribution is 0.320. The van der Waals surface area contributed by atoms with Crippen LogP contribution in [0.15, 0.2) is 28.7 Å². The van der Waals surface area contributed by atoms with E-state index in [0.29, 0.717) is 12.5 Å². The number of benzene rings is 1. The van der Waals surface area contributed by atoms with Gasteiger partial charge >= 0.3 is 0 Å². The summed E-state index contributed by atoms with van der Waals surface area (Å²) in [5.74, 6) is 3.14.